The van der Waals surface area contributed by atoms with E-state index in [-0.39, 0.29) is 18.6 Å². The van der Waals surface area contributed by atoms with Gasteiger partial charge in [0.2, 0.25) is 0 Å². The second-order valence-electron chi connectivity index (χ2n) is 11.2. The van der Waals surface area contributed by atoms with E-state index in [1.807, 2.05) is 97.4 Å². The summed E-state index contributed by atoms with van der Waals surface area (Å²) in [6.07, 6.45) is 1.89. The van der Waals surface area contributed by atoms with E-state index in [2.05, 4.69) is 43.1 Å². The van der Waals surface area contributed by atoms with Crippen molar-refractivity contribution < 1.29 is 9.59 Å². The predicted octanol–water partition coefficient (Wildman–Crippen LogP) is 7.46. The maximum atomic E-state index is 13.3. The lowest BCUT2D eigenvalue weighted by Crippen LogP contribution is -2.43. The molecule has 0 aliphatic carbocycles. The Hall–Kier alpha value is -5.13. The number of fused-ring (bicyclic) bond motifs is 2. The molecule has 0 bridgehead atoms. The van der Waals surface area contributed by atoms with Crippen molar-refractivity contribution in [2.75, 3.05) is 9.80 Å². The number of urea groups is 2. The number of benzene rings is 3. The summed E-state index contributed by atoms with van der Waals surface area (Å²) in [5.74, 6) is 1.74. The molecule has 0 spiro atoms. The summed E-state index contributed by atoms with van der Waals surface area (Å²) in [6.45, 7) is 6.73. The topological polar surface area (TPSA) is 111 Å². The molecule has 230 valence electrons. The average molecular weight is 696 g/mol. The van der Waals surface area contributed by atoms with Crippen molar-refractivity contribution in [1.29, 1.82) is 0 Å². The van der Waals surface area contributed by atoms with E-state index in [4.69, 9.17) is 16.6 Å². The lowest BCUT2D eigenvalue weighted by Gasteiger charge is -2.28. The first kappa shape index (κ1) is 29.6. The third kappa shape index (κ3) is 5.48. The number of amides is 4. The van der Waals surface area contributed by atoms with Gasteiger partial charge in [0.15, 0.2) is 16.4 Å². The fraction of sp³-hybridized carbons (Fsp3) is 0.118. The van der Waals surface area contributed by atoms with Crippen molar-refractivity contribution in [2.45, 2.75) is 20.0 Å². The van der Waals surface area contributed by atoms with Gasteiger partial charge in [-0.15, -0.1) is 0 Å². The fourth-order valence-electron chi connectivity index (χ4n) is 5.69. The Bertz CT molecular complexity index is 2060. The standard InChI is InChI=1S/C34H28BrClN8O2/c1-19-7-9-21(10-8-19)17-43-30-27(39-32(35)41-30)26(38-34(43)46)16-22-5-4-6-23(15-22)18-44-31-28(20(2)37-33(44)45)42(3)29(40-31)24-11-13-25(36)14-12-24/h4-16H,2,17-18H2,1,3H3,(H,37,45)(H,38,46)(H,39,41)/b26-16+. The Morgan fingerprint density at radius 2 is 1.59 bits per heavy atom. The van der Waals surface area contributed by atoms with E-state index < -0.39 is 0 Å². The summed E-state index contributed by atoms with van der Waals surface area (Å²) < 4.78 is 2.44. The van der Waals surface area contributed by atoms with E-state index in [0.29, 0.717) is 50.8 Å². The first-order valence-corrected chi connectivity index (χ1v) is 15.6. The number of anilines is 2. The summed E-state index contributed by atoms with van der Waals surface area (Å²) in [5.41, 5.74) is 7.19. The molecule has 46 heavy (non-hydrogen) atoms. The lowest BCUT2D eigenvalue weighted by molar-refractivity contribution is 0.248. The van der Waals surface area contributed by atoms with E-state index in [1.54, 1.807) is 9.80 Å². The smallest absolute Gasteiger partial charge is 0.327 e. The number of aryl methyl sites for hydroxylation is 1. The fourth-order valence-corrected chi connectivity index (χ4v) is 6.18. The minimum absolute atomic E-state index is 0.262. The summed E-state index contributed by atoms with van der Waals surface area (Å²) in [7, 11) is 1.89. The van der Waals surface area contributed by atoms with Gasteiger partial charge < -0.3 is 20.2 Å². The normalized spacial score (nSPS) is 15.1. The van der Waals surface area contributed by atoms with Crippen molar-refractivity contribution >= 4 is 68.7 Å². The Morgan fingerprint density at radius 1 is 0.891 bits per heavy atom. The first-order chi connectivity index (χ1) is 22.1. The number of rotatable bonds is 6. The van der Waals surface area contributed by atoms with Crippen LogP contribution in [0.15, 0.2) is 84.1 Å². The van der Waals surface area contributed by atoms with Crippen LogP contribution in [0.2, 0.25) is 5.02 Å². The second kappa shape index (κ2) is 11.7. The average Bonchev–Trinajstić information content (AvgIpc) is 3.59. The number of nitrogens with zero attached hydrogens (tertiary/aromatic N) is 5. The van der Waals surface area contributed by atoms with E-state index in [1.165, 1.54) is 0 Å². The van der Waals surface area contributed by atoms with Crippen LogP contribution in [0.5, 0.6) is 0 Å². The van der Waals surface area contributed by atoms with E-state index in [9.17, 15) is 9.59 Å². The highest BCUT2D eigenvalue weighted by atomic mass is 79.9. The van der Waals surface area contributed by atoms with Crippen LogP contribution in [0.25, 0.3) is 28.9 Å². The molecule has 3 N–H and O–H groups in total. The van der Waals surface area contributed by atoms with E-state index in [0.717, 1.165) is 33.5 Å². The van der Waals surface area contributed by atoms with Gasteiger partial charge in [0, 0.05) is 17.6 Å². The number of nitrogens with one attached hydrogen (secondary N) is 3. The third-order valence-electron chi connectivity index (χ3n) is 7.96. The number of halogens is 2. The van der Waals surface area contributed by atoms with Crippen molar-refractivity contribution in [2.24, 2.45) is 7.05 Å². The minimum Gasteiger partial charge on any atom is -0.329 e. The number of imidazole rings is 2. The monoisotopic (exact) mass is 694 g/mol. The molecule has 12 heteroatoms. The van der Waals surface area contributed by atoms with Crippen LogP contribution in [-0.4, -0.2) is 31.6 Å². The molecule has 4 heterocycles. The van der Waals surface area contributed by atoms with Crippen LogP contribution in [0, 0.1) is 6.92 Å². The molecule has 0 atom stereocenters. The lowest BCUT2D eigenvalue weighted by atomic mass is 10.1. The molecule has 0 radical (unpaired) electrons. The number of aromatic amines is 1. The number of hydrogen-bond donors (Lipinski definition) is 3. The minimum atomic E-state index is -0.317. The largest absolute Gasteiger partial charge is 0.329 e. The van der Waals surface area contributed by atoms with Gasteiger partial charge in [-0.3, -0.25) is 9.80 Å². The van der Waals surface area contributed by atoms with Gasteiger partial charge in [0.25, 0.3) is 0 Å². The Labute approximate surface area is 278 Å². The quantitative estimate of drug-likeness (QED) is 0.171. The Morgan fingerprint density at radius 3 is 2.35 bits per heavy atom. The van der Waals surface area contributed by atoms with Gasteiger partial charge in [-0.05, 0) is 76.0 Å². The predicted molar refractivity (Wildman–Crippen MR) is 184 cm³/mol. The number of H-pyrrole nitrogens is 1. The van der Waals surface area contributed by atoms with Crippen molar-refractivity contribution in [3.8, 4) is 11.4 Å². The zero-order valence-corrected chi connectivity index (χ0v) is 27.3. The zero-order chi connectivity index (χ0) is 32.1. The summed E-state index contributed by atoms with van der Waals surface area (Å²) in [6, 6.07) is 22.6. The summed E-state index contributed by atoms with van der Waals surface area (Å²) >= 11 is 9.55. The zero-order valence-electron chi connectivity index (χ0n) is 24.9. The molecule has 0 saturated carbocycles. The van der Waals surface area contributed by atoms with Crippen LogP contribution in [-0.2, 0) is 20.1 Å². The van der Waals surface area contributed by atoms with Gasteiger partial charge in [-0.2, -0.15) is 0 Å². The van der Waals surface area contributed by atoms with Crippen LogP contribution in [0.1, 0.15) is 33.6 Å². The maximum Gasteiger partial charge on any atom is 0.327 e. The van der Waals surface area contributed by atoms with Crippen molar-refractivity contribution in [3.63, 3.8) is 0 Å². The van der Waals surface area contributed by atoms with E-state index >= 15 is 0 Å². The second-order valence-corrected chi connectivity index (χ2v) is 12.4. The van der Waals surface area contributed by atoms with Gasteiger partial charge in [-0.25, -0.2) is 19.6 Å². The molecule has 3 aromatic carbocycles. The molecule has 2 aliphatic rings. The van der Waals surface area contributed by atoms with Crippen molar-refractivity contribution in [3.05, 3.63) is 123 Å². The highest BCUT2D eigenvalue weighted by molar-refractivity contribution is 9.10. The SMILES string of the molecule is C=C1NC(=O)N(Cc2cccc(/C=C3/NC(=O)N(Cc4ccc(C)cc4)c4nc(Br)[nH]c43)c2)c2nc(-c3ccc(Cl)cc3)n(C)c21. The van der Waals surface area contributed by atoms with Crippen LogP contribution in [0.3, 0.4) is 0 Å². The van der Waals surface area contributed by atoms with Crippen molar-refractivity contribution in [1.82, 2.24) is 30.2 Å². The third-order valence-corrected chi connectivity index (χ3v) is 8.58. The van der Waals surface area contributed by atoms with Crippen LogP contribution in [0.4, 0.5) is 21.2 Å². The molecule has 5 aromatic rings. The number of carbonyl (C=O) groups excluding carboxylic acids is 2. The van der Waals surface area contributed by atoms with Crippen LogP contribution >= 0.6 is 27.5 Å². The molecular formula is C34H28BrClN8O2. The number of carbonyl (C=O) groups is 2. The van der Waals surface area contributed by atoms with Crippen LogP contribution < -0.4 is 20.4 Å². The van der Waals surface area contributed by atoms with Gasteiger partial charge in [-0.1, -0.05) is 66.2 Å². The molecule has 0 unspecified atom stereocenters. The molecule has 10 nitrogen and oxygen atoms in total. The molecule has 4 amide bonds. The van der Waals surface area contributed by atoms with Gasteiger partial charge in [0.1, 0.15) is 17.2 Å². The molecule has 7 rings (SSSR count). The Balaban J connectivity index is 1.18. The summed E-state index contributed by atoms with van der Waals surface area (Å²) in [4.78, 5) is 42.4. The molecule has 2 aliphatic heterocycles. The Kier molecular flexibility index (Phi) is 7.50. The number of aromatic nitrogens is 4. The van der Waals surface area contributed by atoms with Gasteiger partial charge >= 0.3 is 12.1 Å². The number of hydrogen-bond acceptors (Lipinski definition) is 4. The van der Waals surface area contributed by atoms with Gasteiger partial charge in [0.05, 0.1) is 24.5 Å². The molecular weight excluding hydrogens is 668 g/mol. The first-order valence-electron chi connectivity index (χ1n) is 14.5. The maximum absolute atomic E-state index is 13.3. The molecule has 0 saturated heterocycles. The highest BCUT2D eigenvalue weighted by Crippen LogP contribution is 2.36. The summed E-state index contributed by atoms with van der Waals surface area (Å²) in [5, 5.41) is 6.52. The molecule has 0 fully saturated rings. The highest BCUT2D eigenvalue weighted by Gasteiger charge is 2.33. The molecule has 2 aromatic heterocycles.